The van der Waals surface area contributed by atoms with Gasteiger partial charge in [0, 0.05) is 24.6 Å². The number of nitrogens with two attached hydrogens (primary N) is 1. The molecule has 1 atom stereocenters. The summed E-state index contributed by atoms with van der Waals surface area (Å²) in [6.45, 7) is 0.323. The van der Waals surface area contributed by atoms with Crippen LogP contribution in [-0.4, -0.2) is 31.2 Å². The van der Waals surface area contributed by atoms with Crippen molar-refractivity contribution in [2.24, 2.45) is 0 Å². The van der Waals surface area contributed by atoms with E-state index in [4.69, 9.17) is 5.73 Å². The Morgan fingerprint density at radius 1 is 1.30 bits per heavy atom. The Kier molecular flexibility index (Phi) is 3.18. The number of hydrogen-bond acceptors (Lipinski definition) is 6. The molecule has 0 aliphatic heterocycles. The van der Waals surface area contributed by atoms with E-state index in [0.717, 1.165) is 5.56 Å². The summed E-state index contributed by atoms with van der Waals surface area (Å²) in [4.78, 5) is 4.19. The minimum Gasteiger partial charge on any atom is -0.399 e. The van der Waals surface area contributed by atoms with Crippen molar-refractivity contribution in [3.63, 3.8) is 0 Å². The highest BCUT2D eigenvalue weighted by Crippen LogP contribution is 2.16. The maximum atomic E-state index is 10.1. The molecule has 0 aliphatic rings. The van der Waals surface area contributed by atoms with Gasteiger partial charge in [0.1, 0.15) is 6.33 Å². The van der Waals surface area contributed by atoms with Crippen LogP contribution < -0.4 is 11.1 Å². The molecule has 0 bridgehead atoms. The number of fused-ring (bicyclic) bond motifs is 1. The molecule has 3 aromatic rings. The highest BCUT2D eigenvalue weighted by molar-refractivity contribution is 5.61. The van der Waals surface area contributed by atoms with E-state index in [2.05, 4.69) is 20.5 Å². The molecule has 1 unspecified atom stereocenters. The monoisotopic (exact) mass is 270 g/mol. The van der Waals surface area contributed by atoms with Crippen LogP contribution in [0.1, 0.15) is 11.7 Å². The van der Waals surface area contributed by atoms with Gasteiger partial charge in [-0.1, -0.05) is 12.1 Å². The standard InChI is InChI=1S/C13H14N6O/c14-10-3-1-9(2-4-10)11(20)7-16-12-13-18-17-8-19(13)6-5-15-12/h1-6,8,11,20H,7,14H2,(H,15,16). The van der Waals surface area contributed by atoms with Gasteiger partial charge >= 0.3 is 0 Å². The Morgan fingerprint density at radius 2 is 2.10 bits per heavy atom. The van der Waals surface area contributed by atoms with Crippen LogP contribution in [0.25, 0.3) is 5.65 Å². The number of hydrogen-bond donors (Lipinski definition) is 3. The van der Waals surface area contributed by atoms with Gasteiger partial charge in [-0.3, -0.25) is 4.40 Å². The summed E-state index contributed by atoms with van der Waals surface area (Å²) >= 11 is 0. The number of aliphatic hydroxyl groups excluding tert-OH is 1. The molecule has 20 heavy (non-hydrogen) atoms. The Balaban J connectivity index is 1.73. The maximum absolute atomic E-state index is 10.1. The van der Waals surface area contributed by atoms with Crippen LogP contribution in [0.3, 0.4) is 0 Å². The van der Waals surface area contributed by atoms with Gasteiger partial charge in [-0.15, -0.1) is 10.2 Å². The van der Waals surface area contributed by atoms with Crippen LogP contribution in [0.4, 0.5) is 11.5 Å². The lowest BCUT2D eigenvalue weighted by Crippen LogP contribution is -2.13. The van der Waals surface area contributed by atoms with Crippen molar-refractivity contribution in [3.05, 3.63) is 48.5 Å². The number of benzene rings is 1. The fourth-order valence-corrected chi connectivity index (χ4v) is 1.91. The van der Waals surface area contributed by atoms with E-state index in [1.165, 1.54) is 0 Å². The summed E-state index contributed by atoms with van der Waals surface area (Å²) in [6.07, 6.45) is 4.35. The summed E-state index contributed by atoms with van der Waals surface area (Å²) < 4.78 is 1.75. The zero-order valence-electron chi connectivity index (χ0n) is 10.6. The van der Waals surface area contributed by atoms with E-state index in [0.29, 0.717) is 23.7 Å². The number of nitrogens with one attached hydrogen (secondary N) is 1. The lowest BCUT2D eigenvalue weighted by atomic mass is 10.1. The molecular formula is C13H14N6O. The third-order valence-electron chi connectivity index (χ3n) is 3.00. The molecule has 0 amide bonds. The van der Waals surface area contributed by atoms with E-state index < -0.39 is 6.10 Å². The largest absolute Gasteiger partial charge is 0.399 e. The van der Waals surface area contributed by atoms with Gasteiger partial charge in [0.15, 0.2) is 5.82 Å². The van der Waals surface area contributed by atoms with E-state index >= 15 is 0 Å². The normalized spacial score (nSPS) is 12.4. The average Bonchev–Trinajstić information content (AvgIpc) is 2.94. The molecule has 0 aliphatic carbocycles. The van der Waals surface area contributed by atoms with Gasteiger partial charge in [-0.25, -0.2) is 4.98 Å². The molecule has 0 spiro atoms. The third-order valence-corrected chi connectivity index (χ3v) is 3.00. The minimum atomic E-state index is -0.652. The predicted octanol–water partition coefficient (Wildman–Crippen LogP) is 0.852. The van der Waals surface area contributed by atoms with Gasteiger partial charge in [-0.2, -0.15) is 0 Å². The molecule has 2 aromatic heterocycles. The SMILES string of the molecule is Nc1ccc(C(O)CNc2nccn3cnnc23)cc1. The summed E-state index contributed by atoms with van der Waals surface area (Å²) in [6, 6.07) is 7.12. The molecule has 102 valence electrons. The second kappa shape index (κ2) is 5.14. The first-order valence-corrected chi connectivity index (χ1v) is 6.16. The summed E-state index contributed by atoms with van der Waals surface area (Å²) in [7, 11) is 0. The molecule has 7 nitrogen and oxygen atoms in total. The van der Waals surface area contributed by atoms with Crippen molar-refractivity contribution in [2.75, 3.05) is 17.6 Å². The molecule has 0 radical (unpaired) electrons. The Labute approximate surface area is 115 Å². The molecule has 7 heteroatoms. The van der Waals surface area contributed by atoms with Crippen molar-refractivity contribution >= 4 is 17.2 Å². The van der Waals surface area contributed by atoms with Crippen LogP contribution in [0.5, 0.6) is 0 Å². The van der Waals surface area contributed by atoms with E-state index in [1.807, 2.05) is 0 Å². The van der Waals surface area contributed by atoms with Crippen molar-refractivity contribution in [1.29, 1.82) is 0 Å². The van der Waals surface area contributed by atoms with Crippen molar-refractivity contribution in [3.8, 4) is 0 Å². The maximum Gasteiger partial charge on any atom is 0.203 e. The fourth-order valence-electron chi connectivity index (χ4n) is 1.91. The summed E-state index contributed by atoms with van der Waals surface area (Å²) in [5.74, 6) is 0.583. The predicted molar refractivity (Wildman–Crippen MR) is 75.1 cm³/mol. The number of anilines is 2. The van der Waals surface area contributed by atoms with Crippen LogP contribution in [-0.2, 0) is 0 Å². The first-order chi connectivity index (χ1) is 9.74. The van der Waals surface area contributed by atoms with Crippen LogP contribution in [0.2, 0.25) is 0 Å². The van der Waals surface area contributed by atoms with Crippen molar-refractivity contribution in [1.82, 2.24) is 19.6 Å². The molecule has 0 fully saturated rings. The van der Waals surface area contributed by atoms with Crippen LogP contribution >= 0.6 is 0 Å². The van der Waals surface area contributed by atoms with Gasteiger partial charge < -0.3 is 16.2 Å². The summed E-state index contributed by atoms with van der Waals surface area (Å²) in [5.41, 5.74) is 7.70. The topological polar surface area (TPSA) is 101 Å². The molecule has 0 saturated heterocycles. The molecule has 3 rings (SSSR count). The Bertz CT molecular complexity index is 708. The number of nitrogen functional groups attached to an aromatic ring is 1. The summed E-state index contributed by atoms with van der Waals surface area (Å²) in [5, 5.41) is 21.0. The van der Waals surface area contributed by atoms with Crippen molar-refractivity contribution < 1.29 is 5.11 Å². The van der Waals surface area contributed by atoms with Gasteiger partial charge in [0.05, 0.1) is 6.10 Å². The zero-order chi connectivity index (χ0) is 13.9. The number of aliphatic hydroxyl groups is 1. The first-order valence-electron chi connectivity index (χ1n) is 6.16. The average molecular weight is 270 g/mol. The molecule has 0 saturated carbocycles. The first kappa shape index (κ1) is 12.4. The Hall–Kier alpha value is -2.67. The van der Waals surface area contributed by atoms with Crippen LogP contribution in [0, 0.1) is 0 Å². The lowest BCUT2D eigenvalue weighted by molar-refractivity contribution is 0.191. The molecular weight excluding hydrogens is 256 g/mol. The zero-order valence-corrected chi connectivity index (χ0v) is 10.6. The number of rotatable bonds is 4. The third kappa shape index (κ3) is 2.39. The molecule has 4 N–H and O–H groups in total. The van der Waals surface area contributed by atoms with Crippen molar-refractivity contribution in [2.45, 2.75) is 6.10 Å². The fraction of sp³-hybridized carbons (Fsp3) is 0.154. The molecule has 1 aromatic carbocycles. The molecule has 2 heterocycles. The highest BCUT2D eigenvalue weighted by Gasteiger charge is 2.09. The Morgan fingerprint density at radius 3 is 2.90 bits per heavy atom. The van der Waals surface area contributed by atoms with Gasteiger partial charge in [0.25, 0.3) is 0 Å². The van der Waals surface area contributed by atoms with Crippen LogP contribution in [0.15, 0.2) is 43.0 Å². The number of nitrogens with zero attached hydrogens (tertiary/aromatic N) is 4. The minimum absolute atomic E-state index is 0.323. The van der Waals surface area contributed by atoms with E-state index in [-0.39, 0.29) is 0 Å². The quantitative estimate of drug-likeness (QED) is 0.608. The smallest absolute Gasteiger partial charge is 0.203 e. The van der Waals surface area contributed by atoms with E-state index in [9.17, 15) is 5.11 Å². The second-order valence-electron chi connectivity index (χ2n) is 4.40. The van der Waals surface area contributed by atoms with Gasteiger partial charge in [-0.05, 0) is 17.7 Å². The lowest BCUT2D eigenvalue weighted by Gasteiger charge is -2.13. The highest BCUT2D eigenvalue weighted by atomic mass is 16.3. The van der Waals surface area contributed by atoms with E-state index in [1.54, 1.807) is 47.4 Å². The second-order valence-corrected chi connectivity index (χ2v) is 4.40. The van der Waals surface area contributed by atoms with Gasteiger partial charge in [0.2, 0.25) is 5.65 Å². The number of aromatic nitrogens is 4.